The average molecular weight is 657 g/mol. The molecule has 3 heterocycles. The van der Waals surface area contributed by atoms with Gasteiger partial charge in [-0.2, -0.15) is 11.3 Å². The topological polar surface area (TPSA) is 145 Å². The van der Waals surface area contributed by atoms with Gasteiger partial charge in [0.2, 0.25) is 0 Å². The summed E-state index contributed by atoms with van der Waals surface area (Å²) in [6, 6.07) is 13.6. The van der Waals surface area contributed by atoms with E-state index < -0.39 is 29.5 Å². The van der Waals surface area contributed by atoms with Crippen molar-refractivity contribution in [3.05, 3.63) is 87.4 Å². The van der Waals surface area contributed by atoms with E-state index in [4.69, 9.17) is 14.2 Å². The van der Waals surface area contributed by atoms with E-state index >= 15 is 0 Å². The molecule has 11 nitrogen and oxygen atoms in total. The number of ether oxygens (including phenoxy) is 3. The average Bonchev–Trinajstić information content (AvgIpc) is 3.54. The molecule has 3 amide bonds. The molecule has 0 spiro atoms. The minimum atomic E-state index is -0.758. The van der Waals surface area contributed by atoms with Crippen LogP contribution in [0.5, 0.6) is 5.75 Å². The lowest BCUT2D eigenvalue weighted by Crippen LogP contribution is -2.32. The summed E-state index contributed by atoms with van der Waals surface area (Å²) in [7, 11) is 1.23. The first kappa shape index (κ1) is 33.1. The van der Waals surface area contributed by atoms with Gasteiger partial charge in [-0.25, -0.2) is 14.6 Å². The van der Waals surface area contributed by atoms with E-state index in [-0.39, 0.29) is 23.5 Å². The number of esters is 1. The lowest BCUT2D eigenvalue weighted by molar-refractivity contribution is 0.0522. The number of nitrogens with zero attached hydrogens (tertiary/aromatic N) is 1. The highest BCUT2D eigenvalue weighted by molar-refractivity contribution is 7.08. The van der Waals surface area contributed by atoms with E-state index in [9.17, 15) is 19.2 Å². The minimum Gasteiger partial charge on any atom is -0.488 e. The standard InChI is InChI=1S/C35H36N4O7S/c1-6-13-36-32(41)28-12-11-23(30(39-28)33(42)44-5)24-15-29-25(27-19-47-18-21(27)17-45-29)14-26(24)31(40)38-22-9-7-20(8-10-22)16-37-34(43)46-35(2,3)4/h7-12,14-15,18-19H,6,13,16-17H2,1-5H3,(H,36,41)(H,37,43)(H,38,40). The Balaban J connectivity index is 1.49. The number of carbonyl (C=O) groups excluding carboxylic acids is 4. The second kappa shape index (κ2) is 14.0. The van der Waals surface area contributed by atoms with Crippen molar-refractivity contribution >= 4 is 40.9 Å². The lowest BCUT2D eigenvalue weighted by Gasteiger charge is -2.22. The second-order valence-electron chi connectivity index (χ2n) is 11.8. The number of pyridine rings is 1. The number of aromatic nitrogens is 1. The first-order valence-corrected chi connectivity index (χ1v) is 16.0. The van der Waals surface area contributed by atoms with Crippen molar-refractivity contribution in [2.75, 3.05) is 19.0 Å². The molecule has 1 aliphatic rings. The second-order valence-corrected chi connectivity index (χ2v) is 12.6. The summed E-state index contributed by atoms with van der Waals surface area (Å²) in [5.41, 5.74) is 4.32. The molecule has 0 aliphatic carbocycles. The zero-order chi connectivity index (χ0) is 33.7. The highest BCUT2D eigenvalue weighted by atomic mass is 32.1. The Labute approximate surface area is 276 Å². The fourth-order valence-electron chi connectivity index (χ4n) is 4.92. The summed E-state index contributed by atoms with van der Waals surface area (Å²) in [6.07, 6.45) is 0.210. The number of nitrogens with one attached hydrogen (secondary N) is 3. The lowest BCUT2D eigenvalue weighted by atomic mass is 9.91. The number of hydrogen-bond acceptors (Lipinski definition) is 9. The van der Waals surface area contributed by atoms with E-state index in [0.29, 0.717) is 35.7 Å². The molecular formula is C35H36N4O7S. The van der Waals surface area contributed by atoms with Gasteiger partial charge in [-0.05, 0) is 79.9 Å². The van der Waals surface area contributed by atoms with Gasteiger partial charge >= 0.3 is 12.1 Å². The van der Waals surface area contributed by atoms with Crippen LogP contribution in [0, 0.1) is 0 Å². The number of carbonyl (C=O) groups is 4. The van der Waals surface area contributed by atoms with Crippen LogP contribution in [0.15, 0.2) is 59.3 Å². The van der Waals surface area contributed by atoms with Crippen molar-refractivity contribution in [1.29, 1.82) is 0 Å². The van der Waals surface area contributed by atoms with Crippen molar-refractivity contribution in [2.24, 2.45) is 0 Å². The first-order valence-electron chi connectivity index (χ1n) is 15.1. The highest BCUT2D eigenvalue weighted by Crippen LogP contribution is 2.43. The Bertz CT molecular complexity index is 1830. The predicted molar refractivity (Wildman–Crippen MR) is 179 cm³/mol. The van der Waals surface area contributed by atoms with Gasteiger partial charge in [0.15, 0.2) is 5.69 Å². The van der Waals surface area contributed by atoms with Crippen LogP contribution in [0.4, 0.5) is 10.5 Å². The number of benzene rings is 2. The molecule has 2 aromatic heterocycles. The monoisotopic (exact) mass is 656 g/mol. The van der Waals surface area contributed by atoms with E-state index in [0.717, 1.165) is 28.7 Å². The Hall–Kier alpha value is -5.23. The third-order valence-corrected chi connectivity index (χ3v) is 7.95. The minimum absolute atomic E-state index is 0.0481. The Morgan fingerprint density at radius 3 is 2.38 bits per heavy atom. The zero-order valence-corrected chi connectivity index (χ0v) is 27.6. The SMILES string of the molecule is CCCNC(=O)c1ccc(-c2cc3c(cc2C(=O)Nc2ccc(CNC(=O)OC(C)(C)C)cc2)-c2cscc2CO3)c(C(=O)OC)n1. The summed E-state index contributed by atoms with van der Waals surface area (Å²) >= 11 is 1.54. The van der Waals surface area contributed by atoms with Crippen LogP contribution in [0.25, 0.3) is 22.3 Å². The number of hydrogen-bond donors (Lipinski definition) is 3. The van der Waals surface area contributed by atoms with Crippen molar-refractivity contribution in [3.63, 3.8) is 0 Å². The van der Waals surface area contributed by atoms with Gasteiger partial charge in [-0.15, -0.1) is 0 Å². The zero-order valence-electron chi connectivity index (χ0n) is 26.8. The van der Waals surface area contributed by atoms with Crippen LogP contribution < -0.4 is 20.7 Å². The number of rotatable bonds is 9. The van der Waals surface area contributed by atoms with Crippen LogP contribution in [0.3, 0.4) is 0 Å². The quantitative estimate of drug-likeness (QED) is 0.172. The van der Waals surface area contributed by atoms with Crippen molar-refractivity contribution < 1.29 is 33.4 Å². The van der Waals surface area contributed by atoms with Crippen molar-refractivity contribution in [3.8, 4) is 28.0 Å². The molecule has 47 heavy (non-hydrogen) atoms. The van der Waals surface area contributed by atoms with Crippen LogP contribution in [0.1, 0.15) is 76.6 Å². The molecule has 2 aromatic carbocycles. The van der Waals surface area contributed by atoms with Gasteiger partial charge in [0.25, 0.3) is 11.8 Å². The largest absolute Gasteiger partial charge is 0.488 e. The van der Waals surface area contributed by atoms with Crippen LogP contribution in [-0.2, 0) is 22.6 Å². The maximum Gasteiger partial charge on any atom is 0.407 e. The predicted octanol–water partition coefficient (Wildman–Crippen LogP) is 6.57. The van der Waals surface area contributed by atoms with Gasteiger partial charge in [0.05, 0.1) is 7.11 Å². The molecule has 4 aromatic rings. The molecule has 0 saturated carbocycles. The number of anilines is 1. The fourth-order valence-corrected chi connectivity index (χ4v) is 5.77. The summed E-state index contributed by atoms with van der Waals surface area (Å²) in [5, 5.41) is 12.4. The van der Waals surface area contributed by atoms with E-state index in [1.54, 1.807) is 74.6 Å². The Morgan fingerprint density at radius 1 is 0.915 bits per heavy atom. The van der Waals surface area contributed by atoms with Crippen LogP contribution >= 0.6 is 11.3 Å². The number of methoxy groups -OCH3 is 1. The van der Waals surface area contributed by atoms with Gasteiger partial charge in [-0.3, -0.25) is 9.59 Å². The summed E-state index contributed by atoms with van der Waals surface area (Å²) in [5.74, 6) is -1.08. The van der Waals surface area contributed by atoms with Gasteiger partial charge in [-0.1, -0.05) is 19.1 Å². The third-order valence-electron chi connectivity index (χ3n) is 7.16. The molecule has 0 unspecified atom stereocenters. The molecule has 0 saturated heterocycles. The highest BCUT2D eigenvalue weighted by Gasteiger charge is 2.27. The van der Waals surface area contributed by atoms with Crippen LogP contribution in [0.2, 0.25) is 0 Å². The molecule has 0 radical (unpaired) electrons. The van der Waals surface area contributed by atoms with Gasteiger partial charge in [0, 0.05) is 52.2 Å². The molecule has 0 fully saturated rings. The van der Waals surface area contributed by atoms with Crippen LogP contribution in [-0.4, -0.2) is 48.1 Å². The van der Waals surface area contributed by atoms with Gasteiger partial charge < -0.3 is 30.2 Å². The smallest absolute Gasteiger partial charge is 0.407 e. The number of amides is 3. The normalized spacial score (nSPS) is 11.8. The van der Waals surface area contributed by atoms with Crippen molar-refractivity contribution in [2.45, 2.75) is 52.9 Å². The summed E-state index contributed by atoms with van der Waals surface area (Å²) < 4.78 is 16.4. The summed E-state index contributed by atoms with van der Waals surface area (Å²) in [4.78, 5) is 56.1. The molecule has 5 rings (SSSR count). The third kappa shape index (κ3) is 7.78. The Kier molecular flexibility index (Phi) is 9.90. The first-order chi connectivity index (χ1) is 22.5. The van der Waals surface area contributed by atoms with E-state index in [2.05, 4.69) is 20.9 Å². The van der Waals surface area contributed by atoms with Crippen molar-refractivity contribution in [1.82, 2.24) is 15.6 Å². The maximum atomic E-state index is 14.0. The molecule has 244 valence electrons. The van der Waals surface area contributed by atoms with E-state index in [1.807, 2.05) is 17.7 Å². The molecule has 0 bridgehead atoms. The molecule has 0 atom stereocenters. The van der Waals surface area contributed by atoms with E-state index in [1.165, 1.54) is 13.2 Å². The Morgan fingerprint density at radius 2 is 1.68 bits per heavy atom. The summed E-state index contributed by atoms with van der Waals surface area (Å²) in [6.45, 7) is 8.37. The van der Waals surface area contributed by atoms with Gasteiger partial charge in [0.1, 0.15) is 23.7 Å². The maximum absolute atomic E-state index is 14.0. The number of alkyl carbamates (subject to hydrolysis) is 1. The fraction of sp³-hybridized carbons (Fsp3) is 0.286. The molecule has 1 aliphatic heterocycles. The molecular weight excluding hydrogens is 620 g/mol. The number of thiophene rings is 1. The number of fused-ring (bicyclic) bond motifs is 3. The molecule has 3 N–H and O–H groups in total. The molecule has 12 heteroatoms.